The van der Waals surface area contributed by atoms with Crippen molar-refractivity contribution in [2.24, 2.45) is 0 Å². The molecule has 0 aliphatic heterocycles. The van der Waals surface area contributed by atoms with Gasteiger partial charge in [0.05, 0.1) is 32.4 Å². The Balaban J connectivity index is 0.000000198. The average molecular weight is 1040 g/mol. The van der Waals surface area contributed by atoms with Crippen molar-refractivity contribution in [3.8, 4) is 0 Å². The average Bonchev–Trinajstić information content (AvgIpc) is 4.03. The molecule has 0 saturated carbocycles. The lowest BCUT2D eigenvalue weighted by atomic mass is 10.1. The number of hydrogen-bond acceptors (Lipinski definition) is 12. The first-order valence-corrected chi connectivity index (χ1v) is 30.3. The van der Waals surface area contributed by atoms with E-state index < -0.39 is 28.8 Å². The number of aromatic amines is 1. The Morgan fingerprint density at radius 3 is 1.52 bits per heavy atom. The molecule has 2 amide bonds. The van der Waals surface area contributed by atoms with Crippen molar-refractivity contribution in [1.82, 2.24) is 39.5 Å². The number of aromatic nitrogens is 8. The van der Waals surface area contributed by atoms with Crippen LogP contribution >= 0.6 is 11.6 Å². The second-order valence-electron chi connectivity index (χ2n) is 20.3. The van der Waals surface area contributed by atoms with E-state index in [1.165, 1.54) is 24.5 Å². The van der Waals surface area contributed by atoms with E-state index in [0.29, 0.717) is 59.6 Å². The number of anilines is 2. The topological polar surface area (TPSA) is 193 Å². The molecule has 16 nitrogen and oxygen atoms in total. The van der Waals surface area contributed by atoms with Gasteiger partial charge in [-0.25, -0.2) is 39.5 Å². The number of amides is 2. The van der Waals surface area contributed by atoms with Gasteiger partial charge < -0.3 is 27.9 Å². The molecule has 4 aromatic carbocycles. The van der Waals surface area contributed by atoms with Gasteiger partial charge in [0.1, 0.15) is 31.4 Å². The highest BCUT2D eigenvalue weighted by Gasteiger charge is 2.38. The van der Waals surface area contributed by atoms with Crippen LogP contribution in [-0.2, 0) is 57.2 Å². The minimum absolute atomic E-state index is 0.173. The second kappa shape index (κ2) is 25.2. The molecule has 0 fully saturated rings. The van der Waals surface area contributed by atoms with Crippen molar-refractivity contribution in [3.63, 3.8) is 0 Å². The van der Waals surface area contributed by atoms with Gasteiger partial charge in [-0.2, -0.15) is 0 Å². The fraction of sp³-hybridized carbons (Fsp3) is 0.333. The summed E-state index contributed by atoms with van der Waals surface area (Å²) in [5.74, 6) is 1.23. The predicted octanol–water partition coefficient (Wildman–Crippen LogP) is 13.2. The van der Waals surface area contributed by atoms with Crippen molar-refractivity contribution in [2.45, 2.75) is 117 Å². The molecule has 0 spiro atoms. The number of nitrogens with one attached hydrogen (secondary N) is 3. The Bertz CT molecular complexity index is 3000. The van der Waals surface area contributed by atoms with Crippen LogP contribution in [0.3, 0.4) is 0 Å². The molecule has 8 aromatic rings. The highest BCUT2D eigenvalue weighted by atomic mass is 35.5. The zero-order valence-electron chi connectivity index (χ0n) is 43.4. The summed E-state index contributed by atoms with van der Waals surface area (Å²) in [6.45, 7) is 24.9. The van der Waals surface area contributed by atoms with E-state index in [0.717, 1.165) is 27.8 Å². The van der Waals surface area contributed by atoms with E-state index in [4.69, 9.17) is 29.9 Å². The van der Waals surface area contributed by atoms with Crippen LogP contribution < -0.4 is 10.6 Å². The molecule has 19 heteroatoms. The number of carbonyl (C=O) groups is 2. The monoisotopic (exact) mass is 1040 g/mol. The number of benzene rings is 4. The van der Waals surface area contributed by atoms with Gasteiger partial charge in [0.25, 0.3) is 0 Å². The van der Waals surface area contributed by atoms with E-state index >= 15 is 0 Å². The number of H-pyrrole nitrogens is 1. The number of fused-ring (bicyclic) bond motifs is 2. The van der Waals surface area contributed by atoms with Crippen LogP contribution in [0, 0.1) is 0 Å². The van der Waals surface area contributed by atoms with Crippen LogP contribution in [0.1, 0.15) is 74.9 Å². The quantitative estimate of drug-likeness (QED) is 0.0651. The normalized spacial score (nSPS) is 11.8. The van der Waals surface area contributed by atoms with Crippen molar-refractivity contribution in [2.75, 3.05) is 10.6 Å². The molecule has 0 atom stereocenters. The van der Waals surface area contributed by atoms with Gasteiger partial charge in [-0.05, 0) is 69.6 Å². The van der Waals surface area contributed by atoms with E-state index in [-0.39, 0.29) is 23.3 Å². The molecule has 0 aliphatic carbocycles. The molecule has 384 valence electrons. The maximum absolute atomic E-state index is 12.3. The molecule has 4 aromatic heterocycles. The minimum Gasteiger partial charge on any atom is -0.444 e. The van der Waals surface area contributed by atoms with Gasteiger partial charge in [0.15, 0.2) is 45.1 Å². The number of imidazole rings is 2. The molecule has 0 aliphatic rings. The highest BCUT2D eigenvalue weighted by Crippen LogP contribution is 2.38. The molecule has 0 bridgehead atoms. The Labute approximate surface area is 435 Å². The number of ether oxygens (including phenoxy) is 2. The molecule has 0 saturated heterocycles. The van der Waals surface area contributed by atoms with Crippen molar-refractivity contribution < 1.29 is 27.9 Å². The van der Waals surface area contributed by atoms with Crippen LogP contribution in [0.25, 0.3) is 22.3 Å². The molecular weight excluding hydrogens is 976 g/mol. The zero-order chi connectivity index (χ0) is 52.7. The fourth-order valence-electron chi connectivity index (χ4n) is 6.28. The van der Waals surface area contributed by atoms with Crippen LogP contribution in [0.4, 0.5) is 21.2 Å². The van der Waals surface area contributed by atoms with Gasteiger partial charge in [0.2, 0.25) is 0 Å². The Kier molecular flexibility index (Phi) is 19.2. The SMILES string of the molecule is CC(C)(C)[Si](C)(C)OCc1ccc(CCl)cc1.CC(C)(C)[Si](C)(C)OCc1ccc(Cn2cnc3c(NC(=O)OCc4ccccc4)ncnc32)cc1.O=C(Nc1ncnc2nc[nH]c12)OCc1ccccc1. The first kappa shape index (κ1) is 55.5. The number of halogens is 1. The van der Waals surface area contributed by atoms with Crippen molar-refractivity contribution in [1.29, 1.82) is 0 Å². The van der Waals surface area contributed by atoms with Crippen LogP contribution in [0.5, 0.6) is 0 Å². The molecule has 0 radical (unpaired) electrons. The molecule has 8 rings (SSSR count). The highest BCUT2D eigenvalue weighted by molar-refractivity contribution is 6.74. The second-order valence-corrected chi connectivity index (χ2v) is 30.2. The third-order valence-corrected chi connectivity index (χ3v) is 22.1. The summed E-state index contributed by atoms with van der Waals surface area (Å²) in [7, 11) is -3.42. The first-order chi connectivity index (χ1) is 34.7. The maximum Gasteiger partial charge on any atom is 0.413 e. The molecule has 0 unspecified atom stereocenters. The summed E-state index contributed by atoms with van der Waals surface area (Å²) < 4.78 is 24.8. The third-order valence-electron chi connectivity index (χ3n) is 12.9. The Morgan fingerprint density at radius 2 is 1.01 bits per heavy atom. The van der Waals surface area contributed by atoms with Gasteiger partial charge in [-0.3, -0.25) is 10.6 Å². The zero-order valence-corrected chi connectivity index (χ0v) is 46.2. The fourth-order valence-corrected chi connectivity index (χ4v) is 8.38. The minimum atomic E-state index is -1.79. The molecule has 73 heavy (non-hydrogen) atoms. The number of nitrogens with zero attached hydrogens (tertiary/aromatic N) is 7. The largest absolute Gasteiger partial charge is 0.444 e. The summed E-state index contributed by atoms with van der Waals surface area (Å²) in [6, 6.07) is 35.7. The van der Waals surface area contributed by atoms with E-state index in [9.17, 15) is 9.59 Å². The Hall–Kier alpha value is -6.84. The summed E-state index contributed by atoms with van der Waals surface area (Å²) in [4.78, 5) is 51.8. The van der Waals surface area contributed by atoms with Gasteiger partial charge in [-0.15, -0.1) is 11.6 Å². The summed E-state index contributed by atoms with van der Waals surface area (Å²) in [5, 5.41) is 5.69. The van der Waals surface area contributed by atoms with E-state index in [2.05, 4.69) is 162 Å². The number of alkyl halides is 1. The molecular formula is C54H67ClN10O6Si2. The van der Waals surface area contributed by atoms with Crippen molar-refractivity contribution in [3.05, 3.63) is 168 Å². The summed E-state index contributed by atoms with van der Waals surface area (Å²) >= 11 is 5.76. The molecule has 4 heterocycles. The molecule has 3 N–H and O–H groups in total. The van der Waals surface area contributed by atoms with Crippen LogP contribution in [0.2, 0.25) is 36.3 Å². The van der Waals surface area contributed by atoms with Crippen LogP contribution in [-0.4, -0.2) is 68.3 Å². The Morgan fingerprint density at radius 1 is 0.562 bits per heavy atom. The lowest BCUT2D eigenvalue weighted by Gasteiger charge is -2.36. The smallest absolute Gasteiger partial charge is 0.413 e. The summed E-state index contributed by atoms with van der Waals surface area (Å²) in [5.41, 5.74) is 8.65. The predicted molar refractivity (Wildman–Crippen MR) is 293 cm³/mol. The number of rotatable bonds is 15. The van der Waals surface area contributed by atoms with Crippen LogP contribution in [0.15, 0.2) is 135 Å². The third kappa shape index (κ3) is 16.3. The van der Waals surface area contributed by atoms with Crippen molar-refractivity contribution >= 4 is 74.4 Å². The van der Waals surface area contributed by atoms with E-state index in [1.807, 2.05) is 65.2 Å². The maximum atomic E-state index is 12.3. The first-order valence-electron chi connectivity index (χ1n) is 24.0. The summed E-state index contributed by atoms with van der Waals surface area (Å²) in [6.07, 6.45) is 4.76. The lowest BCUT2D eigenvalue weighted by Crippen LogP contribution is -2.40. The number of hydrogen-bond donors (Lipinski definition) is 3. The van der Waals surface area contributed by atoms with E-state index in [1.54, 1.807) is 6.33 Å². The number of carbonyl (C=O) groups excluding carboxylic acids is 2. The van der Waals surface area contributed by atoms with Gasteiger partial charge >= 0.3 is 12.2 Å². The lowest BCUT2D eigenvalue weighted by molar-refractivity contribution is 0.154. The standard InChI is InChI=1S/C27H33N5O3Si.C14H23ClOSi.C13H11N5O2/c1-27(2,3)36(4,5)35-17-22-13-11-20(12-14-22)15-32-19-30-23-24(28-18-29-25(23)32)31-26(33)34-16-21-9-7-6-8-10-21;1-14(2,3)17(4,5)16-11-13-8-6-12(10-15)7-9-13;19-13(20-6-9-4-2-1-3-5-9)18-12-10-11(15-7-14-10)16-8-17-12/h6-14,18-19H,15-17H2,1-5H3,(H,28,29,31,33);6-9H,10-11H2,1-5H3;1-5,7-8H,6H2,(H2,14,15,16,17,18,19). The van der Waals surface area contributed by atoms with Gasteiger partial charge in [-0.1, -0.05) is 151 Å². The van der Waals surface area contributed by atoms with Gasteiger partial charge in [0, 0.05) is 5.88 Å².